The molecule has 0 spiro atoms. The average Bonchev–Trinajstić information content (AvgIpc) is 2.68. The molecule has 27 heavy (non-hydrogen) atoms. The molecule has 0 aromatic heterocycles. The summed E-state index contributed by atoms with van der Waals surface area (Å²) in [5.41, 5.74) is 3.34. The summed E-state index contributed by atoms with van der Waals surface area (Å²) < 4.78 is 13.1. The second-order valence-electron chi connectivity index (χ2n) is 7.50. The Balaban J connectivity index is 1.50. The number of nitrogens with zero attached hydrogens (tertiary/aromatic N) is 2. The van der Waals surface area contributed by atoms with Crippen molar-refractivity contribution in [1.82, 2.24) is 9.80 Å². The molecule has 2 aromatic carbocycles. The number of hydrogen-bond acceptors (Lipinski definition) is 2. The van der Waals surface area contributed by atoms with Gasteiger partial charge in [0.15, 0.2) is 0 Å². The molecule has 140 valence electrons. The summed E-state index contributed by atoms with van der Waals surface area (Å²) in [6.45, 7) is 3.27. The maximum Gasteiger partial charge on any atom is 0.242 e. The van der Waals surface area contributed by atoms with Crippen molar-refractivity contribution in [2.45, 2.75) is 25.8 Å². The number of piperazine rings is 1. The van der Waals surface area contributed by atoms with Crippen molar-refractivity contribution in [2.24, 2.45) is 5.92 Å². The minimum Gasteiger partial charge on any atom is -0.332 e. The lowest BCUT2D eigenvalue weighted by atomic mass is 9.90. The van der Waals surface area contributed by atoms with Gasteiger partial charge in [0.2, 0.25) is 11.8 Å². The summed E-state index contributed by atoms with van der Waals surface area (Å²) in [5, 5.41) is 0. The predicted octanol–water partition coefficient (Wildman–Crippen LogP) is 2.97. The number of hydrogen-bond donors (Lipinski definition) is 0. The Bertz CT molecular complexity index is 865. The van der Waals surface area contributed by atoms with Crippen LogP contribution in [0.15, 0.2) is 48.5 Å². The third-order valence-electron chi connectivity index (χ3n) is 5.64. The molecule has 2 amide bonds. The lowest BCUT2D eigenvalue weighted by Crippen LogP contribution is -2.56. The number of amides is 2. The minimum absolute atomic E-state index is 0.0167. The normalized spacial score (nSPS) is 20.1. The highest BCUT2D eigenvalue weighted by atomic mass is 19.1. The molecule has 2 heterocycles. The SMILES string of the molecule is CC(Cc1ccc(F)cc1)C(=O)N1CC(=O)N2CCc3ccccc3C2C1. The summed E-state index contributed by atoms with van der Waals surface area (Å²) in [4.78, 5) is 29.3. The van der Waals surface area contributed by atoms with E-state index in [1.807, 2.05) is 24.0 Å². The van der Waals surface area contributed by atoms with Crippen LogP contribution >= 0.6 is 0 Å². The van der Waals surface area contributed by atoms with Gasteiger partial charge in [0.1, 0.15) is 5.82 Å². The highest BCUT2D eigenvalue weighted by Crippen LogP contribution is 2.33. The molecule has 4 rings (SSSR count). The Labute approximate surface area is 158 Å². The Morgan fingerprint density at radius 1 is 1.19 bits per heavy atom. The smallest absolute Gasteiger partial charge is 0.242 e. The van der Waals surface area contributed by atoms with E-state index in [0.29, 0.717) is 19.5 Å². The van der Waals surface area contributed by atoms with E-state index in [1.165, 1.54) is 17.7 Å². The zero-order valence-electron chi connectivity index (χ0n) is 15.4. The van der Waals surface area contributed by atoms with Crippen molar-refractivity contribution in [2.75, 3.05) is 19.6 Å². The van der Waals surface area contributed by atoms with Crippen LogP contribution in [0.2, 0.25) is 0 Å². The molecule has 0 radical (unpaired) electrons. The topological polar surface area (TPSA) is 40.6 Å². The van der Waals surface area contributed by atoms with Crippen molar-refractivity contribution in [3.05, 3.63) is 71.0 Å². The van der Waals surface area contributed by atoms with Gasteiger partial charge in [-0.1, -0.05) is 43.3 Å². The van der Waals surface area contributed by atoms with E-state index in [-0.39, 0.29) is 36.1 Å². The quantitative estimate of drug-likeness (QED) is 0.838. The standard InChI is InChI=1S/C22H23FN2O2/c1-15(12-16-6-8-18(23)9-7-16)22(27)24-13-20-19-5-3-2-4-17(19)10-11-25(20)21(26)14-24/h2-9,15,20H,10-14H2,1H3. The highest BCUT2D eigenvalue weighted by molar-refractivity contribution is 5.87. The molecule has 0 aliphatic carbocycles. The number of fused-ring (bicyclic) bond motifs is 3. The molecular weight excluding hydrogens is 343 g/mol. The minimum atomic E-state index is -0.282. The third-order valence-corrected chi connectivity index (χ3v) is 5.64. The molecule has 2 atom stereocenters. The lowest BCUT2D eigenvalue weighted by molar-refractivity contribution is -0.151. The Morgan fingerprint density at radius 3 is 2.70 bits per heavy atom. The first-order chi connectivity index (χ1) is 13.0. The van der Waals surface area contributed by atoms with E-state index in [4.69, 9.17) is 0 Å². The van der Waals surface area contributed by atoms with Gasteiger partial charge < -0.3 is 9.80 Å². The second kappa shape index (κ2) is 7.14. The van der Waals surface area contributed by atoms with E-state index < -0.39 is 0 Å². The maximum absolute atomic E-state index is 13.1. The average molecular weight is 366 g/mol. The van der Waals surface area contributed by atoms with Crippen molar-refractivity contribution in [3.63, 3.8) is 0 Å². The maximum atomic E-state index is 13.1. The molecule has 1 saturated heterocycles. The molecule has 0 N–H and O–H groups in total. The van der Waals surface area contributed by atoms with Gasteiger partial charge in [0.25, 0.3) is 0 Å². The Morgan fingerprint density at radius 2 is 1.93 bits per heavy atom. The zero-order valence-corrected chi connectivity index (χ0v) is 15.4. The molecule has 4 nitrogen and oxygen atoms in total. The second-order valence-corrected chi connectivity index (χ2v) is 7.50. The van der Waals surface area contributed by atoms with E-state index in [0.717, 1.165) is 17.5 Å². The van der Waals surface area contributed by atoms with Gasteiger partial charge in [-0.05, 0) is 41.7 Å². The third kappa shape index (κ3) is 3.46. The van der Waals surface area contributed by atoms with Crippen LogP contribution in [0.1, 0.15) is 29.7 Å². The van der Waals surface area contributed by atoms with Gasteiger partial charge in [-0.3, -0.25) is 9.59 Å². The monoisotopic (exact) mass is 366 g/mol. The Hall–Kier alpha value is -2.69. The molecular formula is C22H23FN2O2. The number of rotatable bonds is 3. The van der Waals surface area contributed by atoms with Crippen LogP contribution in [0.25, 0.3) is 0 Å². The van der Waals surface area contributed by atoms with Crippen molar-refractivity contribution >= 4 is 11.8 Å². The molecule has 5 heteroatoms. The summed E-state index contributed by atoms with van der Waals surface area (Å²) in [5.74, 6) is -0.539. The van der Waals surface area contributed by atoms with E-state index in [1.54, 1.807) is 17.0 Å². The van der Waals surface area contributed by atoms with Gasteiger partial charge in [0.05, 0.1) is 12.6 Å². The fourth-order valence-electron chi connectivity index (χ4n) is 4.22. The molecule has 0 bridgehead atoms. The molecule has 0 saturated carbocycles. The summed E-state index contributed by atoms with van der Waals surface area (Å²) in [7, 11) is 0. The zero-order chi connectivity index (χ0) is 19.0. The van der Waals surface area contributed by atoms with Crippen LogP contribution in [0.3, 0.4) is 0 Å². The fourth-order valence-corrected chi connectivity index (χ4v) is 4.22. The van der Waals surface area contributed by atoms with Crippen molar-refractivity contribution < 1.29 is 14.0 Å². The van der Waals surface area contributed by atoms with Gasteiger partial charge in [0, 0.05) is 19.0 Å². The van der Waals surface area contributed by atoms with Crippen LogP contribution in [0.4, 0.5) is 4.39 Å². The molecule has 2 aliphatic rings. The Kier molecular flexibility index (Phi) is 4.68. The van der Waals surface area contributed by atoms with Crippen LogP contribution in [-0.2, 0) is 22.4 Å². The van der Waals surface area contributed by atoms with E-state index >= 15 is 0 Å². The van der Waals surface area contributed by atoms with Gasteiger partial charge >= 0.3 is 0 Å². The van der Waals surface area contributed by atoms with Gasteiger partial charge in [-0.15, -0.1) is 0 Å². The molecule has 1 fully saturated rings. The van der Waals surface area contributed by atoms with E-state index in [9.17, 15) is 14.0 Å². The number of halogens is 1. The molecule has 2 aromatic rings. The van der Waals surface area contributed by atoms with Gasteiger partial charge in [-0.2, -0.15) is 0 Å². The highest BCUT2D eigenvalue weighted by Gasteiger charge is 2.39. The van der Waals surface area contributed by atoms with Gasteiger partial charge in [-0.25, -0.2) is 4.39 Å². The summed E-state index contributed by atoms with van der Waals surface area (Å²) in [6.07, 6.45) is 1.40. The predicted molar refractivity (Wildman–Crippen MR) is 100 cm³/mol. The summed E-state index contributed by atoms with van der Waals surface area (Å²) >= 11 is 0. The first-order valence-electron chi connectivity index (χ1n) is 9.43. The van der Waals surface area contributed by atoms with Crippen LogP contribution in [-0.4, -0.2) is 41.2 Å². The number of carbonyl (C=O) groups excluding carboxylic acids is 2. The largest absolute Gasteiger partial charge is 0.332 e. The van der Waals surface area contributed by atoms with E-state index in [2.05, 4.69) is 12.1 Å². The first kappa shape index (κ1) is 17.7. The van der Waals surface area contributed by atoms with Crippen LogP contribution in [0, 0.1) is 11.7 Å². The molecule has 2 unspecified atom stereocenters. The van der Waals surface area contributed by atoms with Crippen LogP contribution < -0.4 is 0 Å². The lowest BCUT2D eigenvalue weighted by Gasteiger charge is -2.45. The summed E-state index contributed by atoms with van der Waals surface area (Å²) in [6, 6.07) is 14.4. The number of carbonyl (C=O) groups is 2. The molecule has 2 aliphatic heterocycles. The van der Waals surface area contributed by atoms with Crippen molar-refractivity contribution in [1.29, 1.82) is 0 Å². The first-order valence-corrected chi connectivity index (χ1v) is 9.43. The van der Waals surface area contributed by atoms with Crippen molar-refractivity contribution in [3.8, 4) is 0 Å². The number of benzene rings is 2. The fraction of sp³-hybridized carbons (Fsp3) is 0.364. The van der Waals surface area contributed by atoms with Crippen LogP contribution in [0.5, 0.6) is 0 Å².